The molecule has 0 saturated carbocycles. The molecule has 4 rings (SSSR count). The lowest BCUT2D eigenvalue weighted by atomic mass is 10.0. The number of nitrogens with zero attached hydrogens (tertiary/aromatic N) is 1. The first-order chi connectivity index (χ1) is 14.2. The van der Waals surface area contributed by atoms with Gasteiger partial charge in [0, 0.05) is 6.54 Å². The van der Waals surface area contributed by atoms with Crippen LogP contribution in [0.25, 0.3) is 0 Å². The summed E-state index contributed by atoms with van der Waals surface area (Å²) in [5, 5.41) is 0. The third-order valence-electron chi connectivity index (χ3n) is 5.14. The zero-order valence-electron chi connectivity index (χ0n) is 16.3. The summed E-state index contributed by atoms with van der Waals surface area (Å²) in [6, 6.07) is 12.5. The van der Waals surface area contributed by atoms with Crippen LogP contribution in [-0.4, -0.2) is 50.3 Å². The van der Waals surface area contributed by atoms with Gasteiger partial charge in [-0.3, -0.25) is 4.79 Å². The lowest BCUT2D eigenvalue weighted by Gasteiger charge is -2.26. The van der Waals surface area contributed by atoms with Gasteiger partial charge < -0.3 is 23.8 Å². The van der Waals surface area contributed by atoms with E-state index in [-0.39, 0.29) is 18.6 Å². The number of carbonyl (C=O) groups excluding carboxylic acids is 2. The second-order valence-electron chi connectivity index (χ2n) is 6.96. The zero-order valence-corrected chi connectivity index (χ0v) is 16.3. The molecule has 0 radical (unpaired) electrons. The summed E-state index contributed by atoms with van der Waals surface area (Å²) in [6.07, 6.45) is 1.83. The van der Waals surface area contributed by atoms with Gasteiger partial charge in [-0.25, -0.2) is 4.79 Å². The molecule has 2 heterocycles. The highest BCUT2D eigenvalue weighted by molar-refractivity contribution is 5.89. The zero-order chi connectivity index (χ0) is 20.2. The summed E-state index contributed by atoms with van der Waals surface area (Å²) in [4.78, 5) is 26.3. The quantitative estimate of drug-likeness (QED) is 0.722. The summed E-state index contributed by atoms with van der Waals surface area (Å²) in [5.41, 5.74) is 1.42. The van der Waals surface area contributed by atoms with Crippen molar-refractivity contribution in [3.05, 3.63) is 53.6 Å². The van der Waals surface area contributed by atoms with Gasteiger partial charge in [-0.2, -0.15) is 0 Å². The SMILES string of the molecule is COC(=O)c1cccc(OCC(=O)N2CCCC2c2ccc3c(c2)OCCO3)c1. The predicted octanol–water partition coefficient (Wildman–Crippen LogP) is 2.99. The van der Waals surface area contributed by atoms with E-state index in [4.69, 9.17) is 18.9 Å². The van der Waals surface area contributed by atoms with Crippen molar-refractivity contribution >= 4 is 11.9 Å². The van der Waals surface area contributed by atoms with Crippen LogP contribution in [0.1, 0.15) is 34.8 Å². The smallest absolute Gasteiger partial charge is 0.337 e. The third-order valence-corrected chi connectivity index (χ3v) is 5.14. The normalized spacial score (nSPS) is 17.7. The molecule has 7 nitrogen and oxygen atoms in total. The van der Waals surface area contributed by atoms with Crippen LogP contribution in [0.15, 0.2) is 42.5 Å². The number of methoxy groups -OCH3 is 1. The fraction of sp³-hybridized carbons (Fsp3) is 0.364. The highest BCUT2D eigenvalue weighted by atomic mass is 16.6. The summed E-state index contributed by atoms with van der Waals surface area (Å²) < 4.78 is 21.6. The summed E-state index contributed by atoms with van der Waals surface area (Å²) in [5.74, 6) is 1.38. The second kappa shape index (κ2) is 8.43. The van der Waals surface area contributed by atoms with Crippen molar-refractivity contribution in [2.24, 2.45) is 0 Å². The molecule has 0 spiro atoms. The number of fused-ring (bicyclic) bond motifs is 1. The number of ether oxygens (including phenoxy) is 4. The van der Waals surface area contributed by atoms with Gasteiger partial charge in [0.2, 0.25) is 0 Å². The van der Waals surface area contributed by atoms with Crippen molar-refractivity contribution in [1.29, 1.82) is 0 Å². The summed E-state index contributed by atoms with van der Waals surface area (Å²) >= 11 is 0. The monoisotopic (exact) mass is 397 g/mol. The Morgan fingerprint density at radius 2 is 1.93 bits per heavy atom. The van der Waals surface area contributed by atoms with Gasteiger partial charge >= 0.3 is 5.97 Å². The molecule has 2 aromatic carbocycles. The van der Waals surface area contributed by atoms with E-state index in [2.05, 4.69) is 0 Å². The van der Waals surface area contributed by atoms with Crippen LogP contribution in [0.2, 0.25) is 0 Å². The van der Waals surface area contributed by atoms with E-state index in [9.17, 15) is 9.59 Å². The number of benzene rings is 2. The molecule has 2 aliphatic rings. The molecular formula is C22H23NO6. The van der Waals surface area contributed by atoms with E-state index in [0.29, 0.717) is 31.1 Å². The van der Waals surface area contributed by atoms with Crippen LogP contribution in [0.5, 0.6) is 17.2 Å². The third kappa shape index (κ3) is 4.13. The summed E-state index contributed by atoms with van der Waals surface area (Å²) in [7, 11) is 1.32. The number of esters is 1. The Morgan fingerprint density at radius 1 is 1.10 bits per heavy atom. The van der Waals surface area contributed by atoms with Crippen LogP contribution in [0.4, 0.5) is 0 Å². The first kappa shape index (κ1) is 19.1. The fourth-order valence-electron chi connectivity index (χ4n) is 3.74. The maximum Gasteiger partial charge on any atom is 0.337 e. The molecule has 0 bridgehead atoms. The van der Waals surface area contributed by atoms with E-state index in [1.165, 1.54) is 7.11 Å². The number of carbonyl (C=O) groups is 2. The van der Waals surface area contributed by atoms with Gasteiger partial charge in [0.15, 0.2) is 18.1 Å². The Bertz CT molecular complexity index is 912. The Morgan fingerprint density at radius 3 is 2.76 bits per heavy atom. The van der Waals surface area contributed by atoms with E-state index in [1.54, 1.807) is 24.3 Å². The minimum absolute atomic E-state index is 0.0108. The van der Waals surface area contributed by atoms with E-state index in [0.717, 1.165) is 29.9 Å². The Kier molecular flexibility index (Phi) is 5.55. The maximum atomic E-state index is 12.8. The molecular weight excluding hydrogens is 374 g/mol. The Balaban J connectivity index is 1.42. The molecule has 0 aromatic heterocycles. The topological polar surface area (TPSA) is 74.3 Å². The highest BCUT2D eigenvalue weighted by Gasteiger charge is 2.31. The molecule has 2 aliphatic heterocycles. The number of hydrogen-bond donors (Lipinski definition) is 0. The number of likely N-dealkylation sites (tertiary alicyclic amines) is 1. The van der Waals surface area contributed by atoms with Crippen molar-refractivity contribution < 1.29 is 28.5 Å². The van der Waals surface area contributed by atoms with Gasteiger partial charge in [0.1, 0.15) is 19.0 Å². The molecule has 7 heteroatoms. The molecule has 2 aromatic rings. The Labute approximate surface area is 169 Å². The van der Waals surface area contributed by atoms with Crippen LogP contribution in [-0.2, 0) is 9.53 Å². The first-order valence-electron chi connectivity index (χ1n) is 9.66. The van der Waals surface area contributed by atoms with Gasteiger partial charge in [0.05, 0.1) is 18.7 Å². The van der Waals surface area contributed by atoms with E-state index < -0.39 is 5.97 Å². The lowest BCUT2D eigenvalue weighted by molar-refractivity contribution is -0.134. The van der Waals surface area contributed by atoms with E-state index >= 15 is 0 Å². The van der Waals surface area contributed by atoms with Crippen LogP contribution in [0, 0.1) is 0 Å². The van der Waals surface area contributed by atoms with Crippen LogP contribution >= 0.6 is 0 Å². The average molecular weight is 397 g/mol. The molecule has 0 aliphatic carbocycles. The predicted molar refractivity (Wildman–Crippen MR) is 104 cm³/mol. The second-order valence-corrected chi connectivity index (χ2v) is 6.96. The van der Waals surface area contributed by atoms with Gasteiger partial charge in [0.25, 0.3) is 5.91 Å². The minimum Gasteiger partial charge on any atom is -0.486 e. The standard InChI is InChI=1S/C22H23NO6/c1-26-22(25)16-4-2-5-17(12-16)29-14-21(24)23-9-3-6-18(23)15-7-8-19-20(13-15)28-11-10-27-19/h2,4-5,7-8,12-13,18H,3,6,9-11,14H2,1H3. The maximum absolute atomic E-state index is 12.8. The molecule has 29 heavy (non-hydrogen) atoms. The van der Waals surface area contributed by atoms with Crippen molar-refractivity contribution in [2.45, 2.75) is 18.9 Å². The largest absolute Gasteiger partial charge is 0.486 e. The average Bonchev–Trinajstić information content (AvgIpc) is 3.27. The molecule has 1 unspecified atom stereocenters. The number of amides is 1. The summed E-state index contributed by atoms with van der Waals surface area (Å²) in [6.45, 7) is 1.67. The van der Waals surface area contributed by atoms with Crippen molar-refractivity contribution in [2.75, 3.05) is 33.5 Å². The number of hydrogen-bond acceptors (Lipinski definition) is 6. The van der Waals surface area contributed by atoms with Crippen LogP contribution in [0.3, 0.4) is 0 Å². The fourth-order valence-corrected chi connectivity index (χ4v) is 3.74. The lowest BCUT2D eigenvalue weighted by Crippen LogP contribution is -2.34. The van der Waals surface area contributed by atoms with Gasteiger partial charge in [-0.15, -0.1) is 0 Å². The molecule has 152 valence electrons. The van der Waals surface area contributed by atoms with Crippen molar-refractivity contribution in [3.63, 3.8) is 0 Å². The van der Waals surface area contributed by atoms with Crippen molar-refractivity contribution in [3.8, 4) is 17.2 Å². The number of rotatable bonds is 5. The minimum atomic E-state index is -0.444. The van der Waals surface area contributed by atoms with E-state index in [1.807, 2.05) is 23.1 Å². The molecule has 1 atom stereocenters. The first-order valence-corrected chi connectivity index (χ1v) is 9.66. The Hall–Kier alpha value is -3.22. The molecule has 1 amide bonds. The van der Waals surface area contributed by atoms with Crippen LogP contribution < -0.4 is 14.2 Å². The van der Waals surface area contributed by atoms with Gasteiger partial charge in [-0.05, 0) is 48.7 Å². The van der Waals surface area contributed by atoms with Gasteiger partial charge in [-0.1, -0.05) is 12.1 Å². The molecule has 1 fully saturated rings. The van der Waals surface area contributed by atoms with Crippen molar-refractivity contribution in [1.82, 2.24) is 4.90 Å². The molecule has 1 saturated heterocycles. The highest BCUT2D eigenvalue weighted by Crippen LogP contribution is 2.38. The molecule has 0 N–H and O–H groups in total.